The van der Waals surface area contributed by atoms with Gasteiger partial charge >= 0.3 is 0 Å². The first kappa shape index (κ1) is 10.8. The number of hydrogen-bond acceptors (Lipinski definition) is 1. The van der Waals surface area contributed by atoms with Crippen molar-refractivity contribution < 1.29 is 0 Å². The summed E-state index contributed by atoms with van der Waals surface area (Å²) < 4.78 is 0. The van der Waals surface area contributed by atoms with Crippen molar-refractivity contribution in [3.63, 3.8) is 0 Å². The van der Waals surface area contributed by atoms with Gasteiger partial charge in [0, 0.05) is 11.1 Å². The molecule has 0 fully saturated rings. The number of halogens is 1. The van der Waals surface area contributed by atoms with Gasteiger partial charge in [0.15, 0.2) is 0 Å². The molecule has 0 radical (unpaired) electrons. The maximum absolute atomic E-state index is 6.11. The van der Waals surface area contributed by atoms with E-state index >= 15 is 0 Å². The standard InChI is InChI=1S/C15H14ClN/c1-10-2-3-13-8-11(5-7-15(13)17-10)12-4-6-14(16)9-12/h2-3,5,7-9,14H,4,6H2,1H3. The average molecular weight is 244 g/mol. The van der Waals surface area contributed by atoms with Crippen molar-refractivity contribution in [2.75, 3.05) is 0 Å². The topological polar surface area (TPSA) is 12.9 Å². The van der Waals surface area contributed by atoms with Gasteiger partial charge in [0.25, 0.3) is 0 Å². The largest absolute Gasteiger partial charge is 0.253 e. The Balaban J connectivity index is 2.08. The van der Waals surface area contributed by atoms with Crippen LogP contribution in [0.2, 0.25) is 0 Å². The Morgan fingerprint density at radius 1 is 1.24 bits per heavy atom. The van der Waals surface area contributed by atoms with Crippen LogP contribution in [0.1, 0.15) is 24.1 Å². The highest BCUT2D eigenvalue weighted by molar-refractivity contribution is 6.22. The molecule has 86 valence electrons. The second-order valence-electron chi connectivity index (χ2n) is 4.61. The molecule has 1 aliphatic rings. The van der Waals surface area contributed by atoms with Crippen molar-refractivity contribution in [3.05, 3.63) is 47.7 Å². The third-order valence-electron chi connectivity index (χ3n) is 3.27. The van der Waals surface area contributed by atoms with Crippen molar-refractivity contribution in [1.82, 2.24) is 4.98 Å². The maximum Gasteiger partial charge on any atom is 0.0705 e. The fourth-order valence-electron chi connectivity index (χ4n) is 2.35. The highest BCUT2D eigenvalue weighted by Crippen LogP contribution is 2.31. The molecule has 17 heavy (non-hydrogen) atoms. The number of allylic oxidation sites excluding steroid dienone is 2. The van der Waals surface area contributed by atoms with Crippen molar-refractivity contribution in [1.29, 1.82) is 0 Å². The lowest BCUT2D eigenvalue weighted by molar-refractivity contribution is 0.942. The average Bonchev–Trinajstić information content (AvgIpc) is 2.75. The number of fused-ring (bicyclic) bond motifs is 1. The van der Waals surface area contributed by atoms with Crippen molar-refractivity contribution in [2.45, 2.75) is 25.1 Å². The summed E-state index contributed by atoms with van der Waals surface area (Å²) in [5.74, 6) is 0. The van der Waals surface area contributed by atoms with E-state index in [9.17, 15) is 0 Å². The van der Waals surface area contributed by atoms with E-state index < -0.39 is 0 Å². The molecule has 1 unspecified atom stereocenters. The molecule has 0 bridgehead atoms. The Hall–Kier alpha value is -1.34. The van der Waals surface area contributed by atoms with Gasteiger partial charge in [-0.25, -0.2) is 0 Å². The van der Waals surface area contributed by atoms with Crippen LogP contribution in [0, 0.1) is 6.92 Å². The number of nitrogens with zero attached hydrogens (tertiary/aromatic N) is 1. The van der Waals surface area contributed by atoms with Crippen LogP contribution >= 0.6 is 11.6 Å². The SMILES string of the molecule is Cc1ccc2cc(C3=CC(Cl)CC3)ccc2n1. The Morgan fingerprint density at radius 2 is 2.12 bits per heavy atom. The minimum atomic E-state index is 0.205. The molecular formula is C15H14ClN. The van der Waals surface area contributed by atoms with E-state index in [0.29, 0.717) is 0 Å². The first-order valence-electron chi connectivity index (χ1n) is 5.95. The minimum absolute atomic E-state index is 0.205. The lowest BCUT2D eigenvalue weighted by Crippen LogP contribution is -1.85. The van der Waals surface area contributed by atoms with Gasteiger partial charge in [-0.3, -0.25) is 4.98 Å². The molecule has 0 saturated carbocycles. The predicted molar refractivity (Wildman–Crippen MR) is 73.3 cm³/mol. The molecule has 0 amide bonds. The Kier molecular flexibility index (Phi) is 2.64. The van der Waals surface area contributed by atoms with Crippen LogP contribution in [0.15, 0.2) is 36.4 Å². The Labute approximate surface area is 106 Å². The summed E-state index contributed by atoms with van der Waals surface area (Å²) in [6.45, 7) is 2.02. The van der Waals surface area contributed by atoms with Gasteiger partial charge in [0.1, 0.15) is 0 Å². The van der Waals surface area contributed by atoms with E-state index in [-0.39, 0.29) is 5.38 Å². The predicted octanol–water partition coefficient (Wildman–Crippen LogP) is 4.33. The molecule has 1 heterocycles. The maximum atomic E-state index is 6.11. The number of alkyl halides is 1. The monoisotopic (exact) mass is 243 g/mol. The molecule has 0 aliphatic heterocycles. The van der Waals surface area contributed by atoms with Crippen LogP contribution < -0.4 is 0 Å². The fourth-order valence-corrected chi connectivity index (χ4v) is 2.61. The van der Waals surface area contributed by atoms with Gasteiger partial charge in [0.05, 0.1) is 10.9 Å². The number of benzene rings is 1. The molecule has 3 rings (SSSR count). The number of aryl methyl sites for hydroxylation is 1. The molecule has 1 aromatic carbocycles. The van der Waals surface area contributed by atoms with Gasteiger partial charge < -0.3 is 0 Å². The summed E-state index contributed by atoms with van der Waals surface area (Å²) in [4.78, 5) is 4.51. The second kappa shape index (κ2) is 4.15. The summed E-state index contributed by atoms with van der Waals surface area (Å²) in [5.41, 5.74) is 4.78. The normalized spacial score (nSPS) is 19.6. The third-order valence-corrected chi connectivity index (χ3v) is 3.61. The molecule has 0 saturated heterocycles. The van der Waals surface area contributed by atoms with Crippen molar-refractivity contribution in [3.8, 4) is 0 Å². The summed E-state index contributed by atoms with van der Waals surface area (Å²) in [6, 6.07) is 10.6. The number of rotatable bonds is 1. The smallest absolute Gasteiger partial charge is 0.0705 e. The Bertz CT molecular complexity index is 601. The summed E-state index contributed by atoms with van der Waals surface area (Å²) in [5, 5.41) is 1.41. The van der Waals surface area contributed by atoms with E-state index in [1.165, 1.54) is 16.5 Å². The van der Waals surface area contributed by atoms with E-state index in [4.69, 9.17) is 11.6 Å². The number of pyridine rings is 1. The minimum Gasteiger partial charge on any atom is -0.253 e. The molecular weight excluding hydrogens is 230 g/mol. The highest BCUT2D eigenvalue weighted by atomic mass is 35.5. The molecule has 1 aliphatic carbocycles. The van der Waals surface area contributed by atoms with Crippen LogP contribution in [-0.4, -0.2) is 10.4 Å². The van der Waals surface area contributed by atoms with E-state index in [2.05, 4.69) is 41.4 Å². The zero-order valence-corrected chi connectivity index (χ0v) is 10.5. The van der Waals surface area contributed by atoms with Gasteiger partial charge in [0.2, 0.25) is 0 Å². The van der Waals surface area contributed by atoms with E-state index in [0.717, 1.165) is 24.1 Å². The highest BCUT2D eigenvalue weighted by Gasteiger charge is 2.14. The van der Waals surface area contributed by atoms with Gasteiger partial charge in [-0.05, 0) is 49.1 Å². The first-order chi connectivity index (χ1) is 8.22. The van der Waals surface area contributed by atoms with E-state index in [1.807, 2.05) is 6.92 Å². The lowest BCUT2D eigenvalue weighted by Gasteiger charge is -2.04. The van der Waals surface area contributed by atoms with E-state index in [1.54, 1.807) is 0 Å². The third kappa shape index (κ3) is 2.07. The van der Waals surface area contributed by atoms with Gasteiger partial charge in [-0.15, -0.1) is 11.6 Å². The van der Waals surface area contributed by atoms with Crippen molar-refractivity contribution >= 4 is 28.1 Å². The van der Waals surface area contributed by atoms with Crippen LogP contribution in [0.25, 0.3) is 16.5 Å². The van der Waals surface area contributed by atoms with Crippen LogP contribution in [0.4, 0.5) is 0 Å². The number of hydrogen-bond donors (Lipinski definition) is 0. The number of aromatic nitrogens is 1. The molecule has 2 heteroatoms. The molecule has 0 N–H and O–H groups in total. The molecule has 1 aromatic heterocycles. The molecule has 1 nitrogen and oxygen atoms in total. The molecule has 1 atom stereocenters. The van der Waals surface area contributed by atoms with Crippen LogP contribution in [-0.2, 0) is 0 Å². The Morgan fingerprint density at radius 3 is 2.88 bits per heavy atom. The van der Waals surface area contributed by atoms with Crippen LogP contribution in [0.5, 0.6) is 0 Å². The van der Waals surface area contributed by atoms with Gasteiger partial charge in [-0.2, -0.15) is 0 Å². The summed E-state index contributed by atoms with van der Waals surface area (Å²) in [6.07, 6.45) is 4.31. The first-order valence-corrected chi connectivity index (χ1v) is 6.38. The summed E-state index contributed by atoms with van der Waals surface area (Å²) in [7, 11) is 0. The van der Waals surface area contributed by atoms with Crippen LogP contribution in [0.3, 0.4) is 0 Å². The molecule has 0 spiro atoms. The zero-order valence-electron chi connectivity index (χ0n) is 9.78. The quantitative estimate of drug-likeness (QED) is 0.680. The fraction of sp³-hybridized carbons (Fsp3) is 0.267. The zero-order chi connectivity index (χ0) is 11.8. The van der Waals surface area contributed by atoms with Crippen molar-refractivity contribution in [2.24, 2.45) is 0 Å². The van der Waals surface area contributed by atoms with Gasteiger partial charge in [-0.1, -0.05) is 18.2 Å². The second-order valence-corrected chi connectivity index (χ2v) is 5.17. The summed E-state index contributed by atoms with van der Waals surface area (Å²) >= 11 is 6.11. The lowest BCUT2D eigenvalue weighted by atomic mass is 10.0. The molecule has 2 aromatic rings.